The highest BCUT2D eigenvalue weighted by Crippen LogP contribution is 2.23. The number of aromatic nitrogens is 2. The van der Waals surface area contributed by atoms with Crippen LogP contribution in [-0.4, -0.2) is 9.97 Å². The van der Waals surface area contributed by atoms with Gasteiger partial charge in [-0.05, 0) is 24.8 Å². The number of hydrogen-bond donors (Lipinski definition) is 2. The molecule has 0 aliphatic carbocycles. The van der Waals surface area contributed by atoms with Crippen LogP contribution >= 0.6 is 11.3 Å². The van der Waals surface area contributed by atoms with Gasteiger partial charge < -0.3 is 10.2 Å². The summed E-state index contributed by atoms with van der Waals surface area (Å²) in [7, 11) is 0. The van der Waals surface area contributed by atoms with Crippen molar-refractivity contribution in [2.45, 2.75) is 33.3 Å². The van der Waals surface area contributed by atoms with Crippen LogP contribution in [0.1, 0.15) is 29.6 Å². The molecule has 5 nitrogen and oxygen atoms in total. The molecule has 2 aromatic rings. The molecule has 2 rings (SSSR count). The number of nitrogens with two attached hydrogens (primary N) is 1. The lowest BCUT2D eigenvalue weighted by Gasteiger charge is -2.12. The van der Waals surface area contributed by atoms with Crippen LogP contribution in [0.15, 0.2) is 17.5 Å². The molecular weight excluding hydrogens is 260 g/mol. The Bertz CT molecular complexity index is 528. The highest BCUT2D eigenvalue weighted by Gasteiger charge is 2.11. The van der Waals surface area contributed by atoms with E-state index in [0.29, 0.717) is 18.3 Å². The normalized spacial score (nSPS) is 10.5. The maximum absolute atomic E-state index is 5.77. The molecule has 6 heteroatoms. The lowest BCUT2D eigenvalue weighted by atomic mass is 10.3. The minimum Gasteiger partial charge on any atom is -0.472 e. The quantitative estimate of drug-likeness (QED) is 0.628. The van der Waals surface area contributed by atoms with Gasteiger partial charge in [-0.3, -0.25) is 0 Å². The van der Waals surface area contributed by atoms with Gasteiger partial charge in [0.05, 0.1) is 5.56 Å². The standard InChI is InChI=1S/C13H18N4OS/c1-3-5-11-15-12(17-14)9(2)13(16-11)18-8-10-6-4-7-19-10/h4,6-7H,3,5,8,14H2,1-2H3,(H,15,16,17). The Hall–Kier alpha value is -1.66. The van der Waals surface area contributed by atoms with Gasteiger partial charge in [0.25, 0.3) is 0 Å². The highest BCUT2D eigenvalue weighted by molar-refractivity contribution is 7.09. The Morgan fingerprint density at radius 3 is 2.89 bits per heavy atom. The van der Waals surface area contributed by atoms with E-state index < -0.39 is 0 Å². The van der Waals surface area contributed by atoms with Crippen LogP contribution in [0.2, 0.25) is 0 Å². The van der Waals surface area contributed by atoms with Crippen molar-refractivity contribution in [2.24, 2.45) is 5.84 Å². The van der Waals surface area contributed by atoms with E-state index in [9.17, 15) is 0 Å². The Morgan fingerprint density at radius 2 is 2.26 bits per heavy atom. The van der Waals surface area contributed by atoms with Crippen molar-refractivity contribution in [3.05, 3.63) is 33.8 Å². The molecule has 0 unspecified atom stereocenters. The fourth-order valence-electron chi connectivity index (χ4n) is 1.69. The molecule has 2 heterocycles. The number of hydrazine groups is 1. The van der Waals surface area contributed by atoms with Crippen molar-refractivity contribution >= 4 is 17.2 Å². The first kappa shape index (κ1) is 13.8. The van der Waals surface area contributed by atoms with Gasteiger partial charge in [0, 0.05) is 11.3 Å². The van der Waals surface area contributed by atoms with Crippen LogP contribution in [0.3, 0.4) is 0 Å². The van der Waals surface area contributed by atoms with Crippen LogP contribution in [0.5, 0.6) is 5.88 Å². The number of hydrogen-bond acceptors (Lipinski definition) is 6. The molecule has 0 fully saturated rings. The molecule has 0 atom stereocenters. The van der Waals surface area contributed by atoms with E-state index in [4.69, 9.17) is 10.6 Å². The van der Waals surface area contributed by atoms with Crippen LogP contribution in [0.25, 0.3) is 0 Å². The second-order valence-electron chi connectivity index (χ2n) is 4.18. The van der Waals surface area contributed by atoms with Crippen LogP contribution < -0.4 is 16.0 Å². The summed E-state index contributed by atoms with van der Waals surface area (Å²) in [6.45, 7) is 4.50. The van der Waals surface area contributed by atoms with Crippen molar-refractivity contribution in [1.29, 1.82) is 0 Å². The smallest absolute Gasteiger partial charge is 0.222 e. The van der Waals surface area contributed by atoms with Gasteiger partial charge in [-0.1, -0.05) is 13.0 Å². The fraction of sp³-hybridized carbons (Fsp3) is 0.385. The van der Waals surface area contributed by atoms with E-state index in [0.717, 1.165) is 29.1 Å². The lowest BCUT2D eigenvalue weighted by molar-refractivity contribution is 0.293. The van der Waals surface area contributed by atoms with Gasteiger partial charge in [-0.15, -0.1) is 11.3 Å². The molecule has 0 amide bonds. The number of nitrogens with one attached hydrogen (secondary N) is 1. The zero-order valence-electron chi connectivity index (χ0n) is 11.1. The van der Waals surface area contributed by atoms with E-state index >= 15 is 0 Å². The summed E-state index contributed by atoms with van der Waals surface area (Å²) >= 11 is 1.66. The predicted molar refractivity (Wildman–Crippen MR) is 77.2 cm³/mol. The summed E-state index contributed by atoms with van der Waals surface area (Å²) in [6, 6.07) is 4.04. The van der Waals surface area contributed by atoms with Crippen LogP contribution in [0, 0.1) is 6.92 Å². The van der Waals surface area contributed by atoms with Gasteiger partial charge in [0.15, 0.2) is 0 Å². The first-order valence-corrected chi connectivity index (χ1v) is 7.11. The topological polar surface area (TPSA) is 73.1 Å². The van der Waals surface area contributed by atoms with Gasteiger partial charge in [-0.2, -0.15) is 4.98 Å². The van der Waals surface area contributed by atoms with Crippen molar-refractivity contribution in [2.75, 3.05) is 5.43 Å². The van der Waals surface area contributed by atoms with Gasteiger partial charge in [0.1, 0.15) is 18.2 Å². The summed E-state index contributed by atoms with van der Waals surface area (Å²) in [5.74, 6) is 7.46. The molecular formula is C13H18N4OS. The minimum atomic E-state index is 0.519. The largest absolute Gasteiger partial charge is 0.472 e. The monoisotopic (exact) mass is 278 g/mol. The zero-order chi connectivity index (χ0) is 13.7. The molecule has 2 aromatic heterocycles. The molecule has 0 saturated carbocycles. The number of nitrogens with zero attached hydrogens (tertiary/aromatic N) is 2. The molecule has 0 radical (unpaired) electrons. The Kier molecular flexibility index (Phi) is 4.70. The average molecular weight is 278 g/mol. The molecule has 0 aromatic carbocycles. The summed E-state index contributed by atoms with van der Waals surface area (Å²) in [5.41, 5.74) is 3.43. The highest BCUT2D eigenvalue weighted by atomic mass is 32.1. The number of thiophene rings is 1. The predicted octanol–water partition coefficient (Wildman–Crippen LogP) is 2.66. The fourth-order valence-corrected chi connectivity index (χ4v) is 2.31. The molecule has 102 valence electrons. The molecule has 3 N–H and O–H groups in total. The maximum Gasteiger partial charge on any atom is 0.222 e. The van der Waals surface area contributed by atoms with E-state index in [1.807, 2.05) is 24.4 Å². The Balaban J connectivity index is 2.19. The first-order valence-electron chi connectivity index (χ1n) is 6.24. The second kappa shape index (κ2) is 6.49. The van der Waals surface area contributed by atoms with Gasteiger partial charge in [0.2, 0.25) is 5.88 Å². The van der Waals surface area contributed by atoms with E-state index in [-0.39, 0.29) is 0 Å². The summed E-state index contributed by atoms with van der Waals surface area (Å²) in [5, 5.41) is 2.03. The summed E-state index contributed by atoms with van der Waals surface area (Å²) in [4.78, 5) is 9.97. The molecule has 0 aliphatic heterocycles. The van der Waals surface area contributed by atoms with E-state index in [2.05, 4.69) is 22.3 Å². The second-order valence-corrected chi connectivity index (χ2v) is 5.21. The average Bonchev–Trinajstić information content (AvgIpc) is 2.92. The lowest BCUT2D eigenvalue weighted by Crippen LogP contribution is -2.13. The molecule has 0 saturated heterocycles. The van der Waals surface area contributed by atoms with Crippen molar-refractivity contribution in [3.8, 4) is 5.88 Å². The van der Waals surface area contributed by atoms with Crippen LogP contribution in [0.4, 0.5) is 5.82 Å². The third-order valence-electron chi connectivity index (χ3n) is 2.69. The number of ether oxygens (including phenoxy) is 1. The SMILES string of the molecule is CCCc1nc(NN)c(C)c(OCc2cccs2)n1. The Labute approximate surface area is 116 Å². The zero-order valence-corrected chi connectivity index (χ0v) is 12.0. The number of nitrogen functional groups attached to an aromatic ring is 1. The maximum atomic E-state index is 5.77. The van der Waals surface area contributed by atoms with Crippen molar-refractivity contribution in [1.82, 2.24) is 9.97 Å². The van der Waals surface area contributed by atoms with Crippen molar-refractivity contribution in [3.63, 3.8) is 0 Å². The number of aryl methyl sites for hydroxylation is 1. The van der Waals surface area contributed by atoms with Gasteiger partial charge in [-0.25, -0.2) is 10.8 Å². The van der Waals surface area contributed by atoms with E-state index in [1.54, 1.807) is 11.3 Å². The number of anilines is 1. The molecule has 19 heavy (non-hydrogen) atoms. The molecule has 0 spiro atoms. The third-order valence-corrected chi connectivity index (χ3v) is 3.54. The van der Waals surface area contributed by atoms with E-state index in [1.165, 1.54) is 0 Å². The Morgan fingerprint density at radius 1 is 1.42 bits per heavy atom. The summed E-state index contributed by atoms with van der Waals surface area (Å²) in [6.07, 6.45) is 1.79. The summed E-state index contributed by atoms with van der Waals surface area (Å²) < 4.78 is 5.77. The molecule has 0 bridgehead atoms. The first-order chi connectivity index (χ1) is 9.24. The van der Waals surface area contributed by atoms with Gasteiger partial charge >= 0.3 is 0 Å². The minimum absolute atomic E-state index is 0.519. The molecule has 0 aliphatic rings. The van der Waals surface area contributed by atoms with Crippen molar-refractivity contribution < 1.29 is 4.74 Å². The third kappa shape index (κ3) is 3.42. The van der Waals surface area contributed by atoms with Crippen LogP contribution in [-0.2, 0) is 13.0 Å². The number of rotatable bonds is 6.